The second kappa shape index (κ2) is 8.52. The number of hydrogen-bond acceptors (Lipinski definition) is 3. The fourth-order valence-electron chi connectivity index (χ4n) is 3.72. The minimum Gasteiger partial charge on any atom is -0.493 e. The molecule has 0 atom stereocenters. The van der Waals surface area contributed by atoms with Crippen LogP contribution in [0.3, 0.4) is 0 Å². The summed E-state index contributed by atoms with van der Waals surface area (Å²) in [5.74, 6) is 1.26. The Kier molecular flexibility index (Phi) is 6.13. The number of nitrogens with zero attached hydrogens (tertiary/aromatic N) is 1. The third-order valence-corrected chi connectivity index (χ3v) is 5.48. The van der Waals surface area contributed by atoms with Crippen molar-refractivity contribution < 1.29 is 14.6 Å². The van der Waals surface area contributed by atoms with Gasteiger partial charge in [-0.2, -0.15) is 0 Å². The maximum absolute atomic E-state index is 10.7. The van der Waals surface area contributed by atoms with Crippen LogP contribution in [-0.2, 0) is 17.6 Å². The minimum absolute atomic E-state index is 0.263. The first-order chi connectivity index (χ1) is 11.7. The number of benzene rings is 1. The van der Waals surface area contributed by atoms with E-state index >= 15 is 0 Å². The highest BCUT2D eigenvalue weighted by molar-refractivity contribution is 5.66. The summed E-state index contributed by atoms with van der Waals surface area (Å²) in [6, 6.07) is 6.44. The molecule has 132 valence electrons. The van der Waals surface area contributed by atoms with Gasteiger partial charge in [0.1, 0.15) is 5.75 Å². The summed E-state index contributed by atoms with van der Waals surface area (Å²) in [4.78, 5) is 13.1. The Labute approximate surface area is 144 Å². The number of hydrogen-bond donors (Lipinski definition) is 1. The molecule has 1 N–H and O–H groups in total. The van der Waals surface area contributed by atoms with Crippen LogP contribution in [0.15, 0.2) is 18.2 Å². The summed E-state index contributed by atoms with van der Waals surface area (Å²) in [6.45, 7) is 3.72. The molecule has 0 bridgehead atoms. The lowest BCUT2D eigenvalue weighted by atomic mass is 9.83. The van der Waals surface area contributed by atoms with Gasteiger partial charge in [0.15, 0.2) is 0 Å². The standard InChI is InChI=1S/C20H29NO3/c22-20(23)8-3-12-21-13-9-17-6-2-7-19(18(17)10-14-21)24-15-11-16-4-1-5-16/h2,6-7,16H,1,3-5,8-15H2,(H,22,23). The first-order valence-corrected chi connectivity index (χ1v) is 9.40. The fraction of sp³-hybridized carbons (Fsp3) is 0.650. The van der Waals surface area contributed by atoms with Gasteiger partial charge in [0.2, 0.25) is 0 Å². The molecule has 0 unspecified atom stereocenters. The molecule has 2 aliphatic rings. The van der Waals surface area contributed by atoms with Crippen molar-refractivity contribution >= 4 is 5.97 Å². The van der Waals surface area contributed by atoms with Crippen LogP contribution in [-0.4, -0.2) is 42.2 Å². The van der Waals surface area contributed by atoms with Crippen LogP contribution in [0, 0.1) is 5.92 Å². The summed E-state index contributed by atoms with van der Waals surface area (Å²) in [6.07, 6.45) is 8.36. The number of fused-ring (bicyclic) bond motifs is 1. The maximum atomic E-state index is 10.7. The maximum Gasteiger partial charge on any atom is 0.303 e. The molecule has 0 spiro atoms. The van der Waals surface area contributed by atoms with Crippen molar-refractivity contribution in [3.8, 4) is 5.75 Å². The van der Waals surface area contributed by atoms with E-state index in [0.29, 0.717) is 0 Å². The Bertz CT molecular complexity index is 554. The number of carboxylic acid groups (broad SMARTS) is 1. The number of carboxylic acids is 1. The Hall–Kier alpha value is -1.55. The van der Waals surface area contributed by atoms with Crippen molar-refractivity contribution in [1.82, 2.24) is 4.90 Å². The predicted molar refractivity (Wildman–Crippen MR) is 94.6 cm³/mol. The van der Waals surface area contributed by atoms with Crippen molar-refractivity contribution in [1.29, 1.82) is 0 Å². The van der Waals surface area contributed by atoms with Crippen LogP contribution in [0.5, 0.6) is 5.75 Å². The lowest BCUT2D eigenvalue weighted by molar-refractivity contribution is -0.137. The summed E-state index contributed by atoms with van der Waals surface area (Å²) in [5, 5.41) is 8.79. The highest BCUT2D eigenvalue weighted by Gasteiger charge is 2.19. The molecule has 1 fully saturated rings. The van der Waals surface area contributed by atoms with E-state index in [4.69, 9.17) is 9.84 Å². The van der Waals surface area contributed by atoms with Crippen LogP contribution >= 0.6 is 0 Å². The lowest BCUT2D eigenvalue weighted by Gasteiger charge is -2.25. The van der Waals surface area contributed by atoms with E-state index in [9.17, 15) is 4.79 Å². The highest BCUT2D eigenvalue weighted by Crippen LogP contribution is 2.31. The van der Waals surface area contributed by atoms with E-state index in [2.05, 4.69) is 23.1 Å². The Morgan fingerprint density at radius 3 is 2.83 bits per heavy atom. The van der Waals surface area contributed by atoms with E-state index < -0.39 is 5.97 Å². The van der Waals surface area contributed by atoms with Crippen molar-refractivity contribution in [2.75, 3.05) is 26.2 Å². The summed E-state index contributed by atoms with van der Waals surface area (Å²) in [7, 11) is 0. The van der Waals surface area contributed by atoms with Gasteiger partial charge < -0.3 is 14.7 Å². The normalized spacial score (nSPS) is 18.5. The van der Waals surface area contributed by atoms with E-state index in [-0.39, 0.29) is 6.42 Å². The highest BCUT2D eigenvalue weighted by atomic mass is 16.5. The molecule has 1 aromatic rings. The first-order valence-electron chi connectivity index (χ1n) is 9.40. The Balaban J connectivity index is 1.52. The van der Waals surface area contributed by atoms with Gasteiger partial charge in [0.25, 0.3) is 0 Å². The summed E-state index contributed by atoms with van der Waals surface area (Å²) >= 11 is 0. The van der Waals surface area contributed by atoms with Crippen LogP contribution in [0.25, 0.3) is 0 Å². The lowest BCUT2D eigenvalue weighted by Crippen LogP contribution is -2.27. The molecular formula is C20H29NO3. The molecule has 0 aromatic heterocycles. The molecule has 4 nitrogen and oxygen atoms in total. The zero-order valence-corrected chi connectivity index (χ0v) is 14.5. The van der Waals surface area contributed by atoms with Gasteiger partial charge in [-0.05, 0) is 55.3 Å². The van der Waals surface area contributed by atoms with E-state index in [1.54, 1.807) is 0 Å². The molecule has 0 radical (unpaired) electrons. The van der Waals surface area contributed by atoms with Crippen LogP contribution in [0.2, 0.25) is 0 Å². The molecule has 0 amide bonds. The molecular weight excluding hydrogens is 302 g/mol. The zero-order valence-electron chi connectivity index (χ0n) is 14.5. The predicted octanol–water partition coefficient (Wildman–Crippen LogP) is 3.52. The average Bonchev–Trinajstić information content (AvgIpc) is 2.73. The molecule has 0 saturated heterocycles. The zero-order chi connectivity index (χ0) is 16.8. The first kappa shape index (κ1) is 17.3. The van der Waals surface area contributed by atoms with E-state index in [0.717, 1.165) is 57.2 Å². The van der Waals surface area contributed by atoms with Crippen molar-refractivity contribution in [3.05, 3.63) is 29.3 Å². The second-order valence-electron chi connectivity index (χ2n) is 7.17. The number of carbonyl (C=O) groups is 1. The Morgan fingerprint density at radius 2 is 2.08 bits per heavy atom. The SMILES string of the molecule is O=C(O)CCCN1CCc2cccc(OCCC3CCC3)c2CC1. The third kappa shape index (κ3) is 4.73. The van der Waals surface area contributed by atoms with E-state index in [1.807, 2.05) is 0 Å². The monoisotopic (exact) mass is 331 g/mol. The number of aliphatic carboxylic acids is 1. The molecule has 1 aliphatic heterocycles. The minimum atomic E-state index is -0.699. The Morgan fingerprint density at radius 1 is 1.25 bits per heavy atom. The van der Waals surface area contributed by atoms with Gasteiger partial charge in [-0.1, -0.05) is 31.4 Å². The molecule has 24 heavy (non-hydrogen) atoms. The summed E-state index contributed by atoms with van der Waals surface area (Å²) < 4.78 is 6.12. The topological polar surface area (TPSA) is 49.8 Å². The second-order valence-corrected chi connectivity index (χ2v) is 7.17. The van der Waals surface area contributed by atoms with Gasteiger partial charge in [-0.15, -0.1) is 0 Å². The number of ether oxygens (including phenoxy) is 1. The number of rotatable bonds is 8. The van der Waals surface area contributed by atoms with Crippen LogP contribution < -0.4 is 4.74 Å². The molecule has 3 rings (SSSR count). The van der Waals surface area contributed by atoms with Gasteiger partial charge in [0.05, 0.1) is 6.61 Å². The van der Waals surface area contributed by atoms with Gasteiger partial charge >= 0.3 is 5.97 Å². The van der Waals surface area contributed by atoms with E-state index in [1.165, 1.54) is 36.8 Å². The molecule has 1 saturated carbocycles. The van der Waals surface area contributed by atoms with Crippen LogP contribution in [0.1, 0.15) is 49.7 Å². The molecule has 1 aromatic carbocycles. The molecule has 4 heteroatoms. The molecule has 1 aliphatic carbocycles. The smallest absolute Gasteiger partial charge is 0.303 e. The van der Waals surface area contributed by atoms with Crippen LogP contribution in [0.4, 0.5) is 0 Å². The van der Waals surface area contributed by atoms with Gasteiger partial charge in [-0.3, -0.25) is 4.79 Å². The van der Waals surface area contributed by atoms with Gasteiger partial charge in [0, 0.05) is 19.5 Å². The largest absolute Gasteiger partial charge is 0.493 e. The molecule has 1 heterocycles. The third-order valence-electron chi connectivity index (χ3n) is 5.48. The van der Waals surface area contributed by atoms with Crippen molar-refractivity contribution in [3.63, 3.8) is 0 Å². The quantitative estimate of drug-likeness (QED) is 0.792. The van der Waals surface area contributed by atoms with Gasteiger partial charge in [-0.25, -0.2) is 0 Å². The van der Waals surface area contributed by atoms with Crippen molar-refractivity contribution in [2.24, 2.45) is 5.92 Å². The fourth-order valence-corrected chi connectivity index (χ4v) is 3.72. The summed E-state index contributed by atoms with van der Waals surface area (Å²) in [5.41, 5.74) is 2.77. The van der Waals surface area contributed by atoms with Crippen molar-refractivity contribution in [2.45, 2.75) is 51.4 Å². The average molecular weight is 331 g/mol.